The van der Waals surface area contributed by atoms with E-state index in [1.807, 2.05) is 44.2 Å². The Balaban J connectivity index is 1.76. The summed E-state index contributed by atoms with van der Waals surface area (Å²) in [6, 6.07) is 19.8. The summed E-state index contributed by atoms with van der Waals surface area (Å²) in [6.45, 7) is 5.07. The molecule has 1 amide bonds. The summed E-state index contributed by atoms with van der Waals surface area (Å²) >= 11 is 0. The molecule has 0 saturated heterocycles. The minimum absolute atomic E-state index is 0.186. The minimum atomic E-state index is -0.409. The molecule has 0 fully saturated rings. The summed E-state index contributed by atoms with van der Waals surface area (Å²) in [4.78, 5) is 39.1. The molecule has 0 bridgehead atoms. The number of aryl methyl sites for hydroxylation is 2. The lowest BCUT2D eigenvalue weighted by molar-refractivity contribution is 0.0937. The van der Waals surface area contributed by atoms with Crippen molar-refractivity contribution < 1.29 is 9.53 Å². The van der Waals surface area contributed by atoms with Gasteiger partial charge in [-0.05, 0) is 66.9 Å². The van der Waals surface area contributed by atoms with Crippen molar-refractivity contribution in [3.8, 4) is 5.69 Å². The number of ether oxygens (including phenoxy) is 1. The molecule has 7 nitrogen and oxygen atoms in total. The third kappa shape index (κ3) is 4.56. The van der Waals surface area contributed by atoms with Crippen LogP contribution in [0.4, 0.5) is 0 Å². The standard InChI is InChI=1S/C27H27N3O4/c1-18-8-13-22(16-19(18)2)30-26(32)23-6-4-5-7-24(23)29(27(30)33)17-20-9-11-21(12-10-20)25(31)28-14-15-34-3/h4-13,16H,14-15,17H2,1-3H3,(H,28,31). The first kappa shape index (κ1) is 23.2. The van der Waals surface area contributed by atoms with Crippen LogP contribution >= 0.6 is 0 Å². The van der Waals surface area contributed by atoms with Crippen LogP contribution in [0.2, 0.25) is 0 Å². The van der Waals surface area contributed by atoms with Crippen LogP contribution in [0.3, 0.4) is 0 Å². The topological polar surface area (TPSA) is 82.3 Å². The molecule has 1 heterocycles. The van der Waals surface area contributed by atoms with E-state index in [4.69, 9.17) is 4.74 Å². The van der Waals surface area contributed by atoms with Crippen molar-refractivity contribution in [2.75, 3.05) is 20.3 Å². The Bertz CT molecular complexity index is 1470. The number of rotatable bonds is 7. The Kier molecular flexibility index (Phi) is 6.75. The number of carbonyl (C=O) groups excluding carboxylic acids is 1. The molecule has 0 aliphatic carbocycles. The van der Waals surface area contributed by atoms with Gasteiger partial charge in [0.25, 0.3) is 11.5 Å². The zero-order valence-electron chi connectivity index (χ0n) is 19.5. The molecule has 7 heteroatoms. The molecule has 4 aromatic rings. The molecule has 34 heavy (non-hydrogen) atoms. The lowest BCUT2D eigenvalue weighted by Crippen LogP contribution is -2.39. The number of para-hydroxylation sites is 1. The Hall–Kier alpha value is -3.97. The average molecular weight is 458 g/mol. The number of amides is 1. The summed E-state index contributed by atoms with van der Waals surface area (Å²) in [5.74, 6) is -0.186. The molecule has 174 valence electrons. The van der Waals surface area contributed by atoms with Gasteiger partial charge in [-0.2, -0.15) is 0 Å². The summed E-state index contributed by atoms with van der Waals surface area (Å²) in [5, 5.41) is 3.25. The maximum absolute atomic E-state index is 13.6. The van der Waals surface area contributed by atoms with Gasteiger partial charge in [0, 0.05) is 19.2 Å². The molecule has 0 spiro atoms. The highest BCUT2D eigenvalue weighted by Crippen LogP contribution is 2.15. The van der Waals surface area contributed by atoms with Gasteiger partial charge >= 0.3 is 5.69 Å². The van der Waals surface area contributed by atoms with Crippen molar-refractivity contribution in [1.29, 1.82) is 0 Å². The SMILES string of the molecule is COCCNC(=O)c1ccc(Cn2c(=O)n(-c3ccc(C)c(C)c3)c(=O)c3ccccc32)cc1. The van der Waals surface area contributed by atoms with E-state index < -0.39 is 5.69 Å². The van der Waals surface area contributed by atoms with Crippen LogP contribution in [0.15, 0.2) is 76.3 Å². The van der Waals surface area contributed by atoms with Crippen LogP contribution in [0.1, 0.15) is 27.0 Å². The van der Waals surface area contributed by atoms with E-state index in [1.54, 1.807) is 48.1 Å². The predicted octanol–water partition coefficient (Wildman–Crippen LogP) is 3.19. The molecule has 0 aliphatic rings. The van der Waals surface area contributed by atoms with Crippen LogP contribution in [0, 0.1) is 13.8 Å². The van der Waals surface area contributed by atoms with Crippen LogP contribution in [-0.2, 0) is 11.3 Å². The Labute approximate surface area is 197 Å². The van der Waals surface area contributed by atoms with Gasteiger partial charge in [-0.25, -0.2) is 9.36 Å². The van der Waals surface area contributed by atoms with E-state index in [-0.39, 0.29) is 18.0 Å². The molecule has 0 radical (unpaired) electrons. The van der Waals surface area contributed by atoms with Crippen LogP contribution in [0.5, 0.6) is 0 Å². The maximum Gasteiger partial charge on any atom is 0.336 e. The zero-order valence-corrected chi connectivity index (χ0v) is 19.5. The quantitative estimate of drug-likeness (QED) is 0.432. The molecular formula is C27H27N3O4. The van der Waals surface area contributed by atoms with Gasteiger partial charge in [0.1, 0.15) is 0 Å². The normalized spacial score (nSPS) is 11.0. The number of carbonyl (C=O) groups is 1. The van der Waals surface area contributed by atoms with E-state index in [2.05, 4.69) is 5.32 Å². The molecular weight excluding hydrogens is 430 g/mol. The summed E-state index contributed by atoms with van der Waals surface area (Å²) in [6.07, 6.45) is 0. The third-order valence-electron chi connectivity index (χ3n) is 5.95. The highest BCUT2D eigenvalue weighted by molar-refractivity contribution is 5.94. The molecule has 0 unspecified atom stereocenters. The first-order valence-corrected chi connectivity index (χ1v) is 11.1. The van der Waals surface area contributed by atoms with Crippen LogP contribution < -0.4 is 16.6 Å². The second-order valence-corrected chi connectivity index (χ2v) is 8.24. The van der Waals surface area contributed by atoms with Crippen molar-refractivity contribution in [3.63, 3.8) is 0 Å². The van der Waals surface area contributed by atoms with E-state index in [1.165, 1.54) is 4.57 Å². The second kappa shape index (κ2) is 9.89. The monoisotopic (exact) mass is 457 g/mol. The maximum atomic E-state index is 13.6. The first-order chi connectivity index (χ1) is 16.4. The van der Waals surface area contributed by atoms with Gasteiger partial charge in [0.15, 0.2) is 0 Å². The molecule has 1 aromatic heterocycles. The van der Waals surface area contributed by atoms with Crippen LogP contribution in [0.25, 0.3) is 16.6 Å². The van der Waals surface area contributed by atoms with Gasteiger partial charge < -0.3 is 10.1 Å². The molecule has 0 atom stereocenters. The van der Waals surface area contributed by atoms with Crippen molar-refractivity contribution in [1.82, 2.24) is 14.5 Å². The number of fused-ring (bicyclic) bond motifs is 1. The fraction of sp³-hybridized carbons (Fsp3) is 0.222. The highest BCUT2D eigenvalue weighted by atomic mass is 16.5. The summed E-state index contributed by atoms with van der Waals surface area (Å²) < 4.78 is 7.78. The average Bonchev–Trinajstić information content (AvgIpc) is 2.84. The number of hydrogen-bond donors (Lipinski definition) is 1. The smallest absolute Gasteiger partial charge is 0.336 e. The lowest BCUT2D eigenvalue weighted by Gasteiger charge is -2.15. The molecule has 0 saturated carbocycles. The van der Waals surface area contributed by atoms with Gasteiger partial charge in [-0.15, -0.1) is 0 Å². The van der Waals surface area contributed by atoms with Crippen molar-refractivity contribution in [2.24, 2.45) is 0 Å². The minimum Gasteiger partial charge on any atom is -0.383 e. The van der Waals surface area contributed by atoms with Crippen LogP contribution in [-0.4, -0.2) is 35.3 Å². The first-order valence-electron chi connectivity index (χ1n) is 11.1. The predicted molar refractivity (Wildman–Crippen MR) is 133 cm³/mol. The van der Waals surface area contributed by atoms with Crippen molar-refractivity contribution in [2.45, 2.75) is 20.4 Å². The number of methoxy groups -OCH3 is 1. The molecule has 4 rings (SSSR count). The highest BCUT2D eigenvalue weighted by Gasteiger charge is 2.15. The number of nitrogens with one attached hydrogen (secondary N) is 1. The fourth-order valence-electron chi connectivity index (χ4n) is 3.88. The Morgan fingerprint density at radius 2 is 1.68 bits per heavy atom. The largest absolute Gasteiger partial charge is 0.383 e. The molecule has 1 N–H and O–H groups in total. The second-order valence-electron chi connectivity index (χ2n) is 8.24. The molecule has 3 aromatic carbocycles. The van der Waals surface area contributed by atoms with E-state index in [0.717, 1.165) is 16.7 Å². The van der Waals surface area contributed by atoms with E-state index in [0.29, 0.717) is 35.3 Å². The fourth-order valence-corrected chi connectivity index (χ4v) is 3.88. The lowest BCUT2D eigenvalue weighted by atomic mass is 10.1. The Morgan fingerprint density at radius 3 is 2.38 bits per heavy atom. The Morgan fingerprint density at radius 1 is 0.941 bits per heavy atom. The van der Waals surface area contributed by atoms with Gasteiger partial charge in [-0.1, -0.05) is 30.3 Å². The number of aromatic nitrogens is 2. The van der Waals surface area contributed by atoms with E-state index >= 15 is 0 Å². The number of hydrogen-bond acceptors (Lipinski definition) is 4. The zero-order chi connectivity index (χ0) is 24.2. The summed E-state index contributed by atoms with van der Waals surface area (Å²) in [5.41, 5.74) is 3.81. The van der Waals surface area contributed by atoms with Crippen molar-refractivity contribution >= 4 is 16.8 Å². The summed E-state index contributed by atoms with van der Waals surface area (Å²) in [7, 11) is 1.58. The number of nitrogens with zero attached hydrogens (tertiary/aromatic N) is 2. The van der Waals surface area contributed by atoms with Gasteiger partial charge in [-0.3, -0.25) is 14.2 Å². The van der Waals surface area contributed by atoms with E-state index in [9.17, 15) is 14.4 Å². The third-order valence-corrected chi connectivity index (χ3v) is 5.95. The van der Waals surface area contributed by atoms with Gasteiger partial charge in [0.2, 0.25) is 0 Å². The molecule has 0 aliphatic heterocycles. The van der Waals surface area contributed by atoms with Gasteiger partial charge in [0.05, 0.1) is 29.7 Å². The number of benzene rings is 3. The van der Waals surface area contributed by atoms with Crippen molar-refractivity contribution in [3.05, 3.63) is 110 Å².